The van der Waals surface area contributed by atoms with Crippen LogP contribution in [0.25, 0.3) is 10.9 Å². The molecule has 3 aromatic rings. The van der Waals surface area contributed by atoms with Gasteiger partial charge in [0.25, 0.3) is 5.56 Å². The van der Waals surface area contributed by atoms with Gasteiger partial charge in [0.1, 0.15) is 11.6 Å². The molecule has 0 atom stereocenters. The fraction of sp³-hybridized carbons (Fsp3) is 0.118. The van der Waals surface area contributed by atoms with Crippen molar-refractivity contribution in [2.45, 2.75) is 13.8 Å². The summed E-state index contributed by atoms with van der Waals surface area (Å²) in [5.74, 6) is 0.620. The minimum atomic E-state index is -0.231. The second-order valence-corrected chi connectivity index (χ2v) is 5.10. The lowest BCUT2D eigenvalue weighted by Gasteiger charge is -2.05. The molecule has 0 unspecified atom stereocenters. The summed E-state index contributed by atoms with van der Waals surface area (Å²) < 4.78 is 1.24. The number of aromatic hydroxyl groups is 1. The molecule has 1 N–H and O–H groups in total. The zero-order chi connectivity index (χ0) is 15.7. The highest BCUT2D eigenvalue weighted by molar-refractivity contribution is 5.83. The molecule has 0 saturated carbocycles. The number of aromatic nitrogens is 2. The summed E-state index contributed by atoms with van der Waals surface area (Å²) in [5.41, 5.74) is 1.92. The Kier molecular flexibility index (Phi) is 3.47. The fourth-order valence-electron chi connectivity index (χ4n) is 2.25. The lowest BCUT2D eigenvalue weighted by Crippen LogP contribution is -2.20. The molecule has 0 amide bonds. The number of nitrogens with zero attached hydrogens (tertiary/aromatic N) is 3. The summed E-state index contributed by atoms with van der Waals surface area (Å²) in [5, 5.41) is 14.6. The predicted molar refractivity (Wildman–Crippen MR) is 86.6 cm³/mol. The molecule has 0 aliphatic carbocycles. The molecule has 110 valence electrons. The molecule has 0 bridgehead atoms. The highest BCUT2D eigenvalue weighted by atomic mass is 16.3. The van der Waals surface area contributed by atoms with Crippen molar-refractivity contribution in [3.8, 4) is 5.75 Å². The summed E-state index contributed by atoms with van der Waals surface area (Å²) >= 11 is 0. The Morgan fingerprint density at radius 1 is 1.18 bits per heavy atom. The van der Waals surface area contributed by atoms with Gasteiger partial charge in [0.2, 0.25) is 0 Å². The summed E-state index contributed by atoms with van der Waals surface area (Å²) in [6.45, 7) is 3.61. The van der Waals surface area contributed by atoms with Gasteiger partial charge in [-0.3, -0.25) is 4.79 Å². The topological polar surface area (TPSA) is 67.5 Å². The summed E-state index contributed by atoms with van der Waals surface area (Å²) in [4.78, 5) is 16.8. The van der Waals surface area contributed by atoms with Crippen LogP contribution < -0.4 is 5.56 Å². The molecular weight excluding hydrogens is 278 g/mol. The van der Waals surface area contributed by atoms with Gasteiger partial charge in [0.05, 0.1) is 17.1 Å². The predicted octanol–water partition coefficient (Wildman–Crippen LogP) is 2.60. The number of hydrogen-bond donors (Lipinski definition) is 1. The molecule has 0 aliphatic heterocycles. The highest BCUT2D eigenvalue weighted by Gasteiger charge is 2.06. The monoisotopic (exact) mass is 293 g/mol. The second kappa shape index (κ2) is 5.44. The molecule has 22 heavy (non-hydrogen) atoms. The average Bonchev–Trinajstić information content (AvgIpc) is 2.49. The van der Waals surface area contributed by atoms with E-state index in [4.69, 9.17) is 0 Å². The Labute approximate surface area is 127 Å². The van der Waals surface area contributed by atoms with Gasteiger partial charge in [-0.1, -0.05) is 18.2 Å². The first-order chi connectivity index (χ1) is 10.6. The van der Waals surface area contributed by atoms with Gasteiger partial charge < -0.3 is 5.11 Å². The molecular formula is C17H15N3O2. The van der Waals surface area contributed by atoms with E-state index in [9.17, 15) is 9.90 Å². The van der Waals surface area contributed by atoms with Gasteiger partial charge in [-0.2, -0.15) is 9.78 Å². The largest absolute Gasteiger partial charge is 0.507 e. The zero-order valence-electron chi connectivity index (χ0n) is 12.3. The van der Waals surface area contributed by atoms with Gasteiger partial charge >= 0.3 is 0 Å². The third-order valence-electron chi connectivity index (χ3n) is 3.41. The fourth-order valence-corrected chi connectivity index (χ4v) is 2.25. The smallest absolute Gasteiger partial charge is 0.282 e. The van der Waals surface area contributed by atoms with E-state index >= 15 is 0 Å². The first kappa shape index (κ1) is 14.0. The maximum atomic E-state index is 12.5. The van der Waals surface area contributed by atoms with Crippen molar-refractivity contribution in [3.63, 3.8) is 0 Å². The summed E-state index contributed by atoms with van der Waals surface area (Å²) in [6.07, 6.45) is 1.46. The minimum absolute atomic E-state index is 0.128. The third-order valence-corrected chi connectivity index (χ3v) is 3.41. The number of phenols is 1. The first-order valence-corrected chi connectivity index (χ1v) is 6.88. The van der Waals surface area contributed by atoms with E-state index in [1.54, 1.807) is 37.3 Å². The Morgan fingerprint density at radius 2 is 1.95 bits per heavy atom. The highest BCUT2D eigenvalue weighted by Crippen LogP contribution is 2.16. The standard InChI is InChI=1S/C17H15N3O2/c1-11-7-8-13(16(21)9-11)10-18-20-12(2)19-15-6-4-3-5-14(15)17(20)22/h3-10,21H,1-2H3/b18-10-. The van der Waals surface area contributed by atoms with Crippen molar-refractivity contribution in [2.75, 3.05) is 0 Å². The van der Waals surface area contributed by atoms with Gasteiger partial charge in [0.15, 0.2) is 0 Å². The Bertz CT molecular complexity index is 942. The molecule has 5 heteroatoms. The van der Waals surface area contributed by atoms with Crippen LogP contribution in [0.15, 0.2) is 52.4 Å². The molecule has 1 aromatic heterocycles. The van der Waals surface area contributed by atoms with Crippen LogP contribution >= 0.6 is 0 Å². The van der Waals surface area contributed by atoms with Crippen molar-refractivity contribution in [3.05, 3.63) is 69.8 Å². The quantitative estimate of drug-likeness (QED) is 0.738. The maximum absolute atomic E-state index is 12.5. The van der Waals surface area contributed by atoms with Crippen molar-refractivity contribution in [1.29, 1.82) is 0 Å². The minimum Gasteiger partial charge on any atom is -0.507 e. The van der Waals surface area contributed by atoms with E-state index in [-0.39, 0.29) is 11.3 Å². The average molecular weight is 293 g/mol. The van der Waals surface area contributed by atoms with E-state index < -0.39 is 0 Å². The number of aryl methyl sites for hydroxylation is 2. The molecule has 1 heterocycles. The molecule has 0 radical (unpaired) electrons. The van der Waals surface area contributed by atoms with Crippen molar-refractivity contribution in [2.24, 2.45) is 5.10 Å². The number of phenolic OH excluding ortho intramolecular Hbond substituents is 1. The molecule has 0 saturated heterocycles. The summed E-state index contributed by atoms with van der Waals surface area (Å²) in [6, 6.07) is 12.4. The van der Waals surface area contributed by atoms with E-state index in [1.807, 2.05) is 19.1 Å². The first-order valence-electron chi connectivity index (χ1n) is 6.88. The SMILES string of the molecule is Cc1ccc(/C=N\n2c(C)nc3ccccc3c2=O)c(O)c1. The molecule has 5 nitrogen and oxygen atoms in total. The van der Waals surface area contributed by atoms with E-state index in [2.05, 4.69) is 10.1 Å². The lowest BCUT2D eigenvalue weighted by atomic mass is 10.1. The Morgan fingerprint density at radius 3 is 2.73 bits per heavy atom. The molecule has 0 fully saturated rings. The second-order valence-electron chi connectivity index (χ2n) is 5.10. The van der Waals surface area contributed by atoms with E-state index in [0.717, 1.165) is 5.56 Å². The van der Waals surface area contributed by atoms with Crippen LogP contribution in [0.3, 0.4) is 0 Å². The molecule has 0 aliphatic rings. The maximum Gasteiger partial charge on any atom is 0.282 e. The number of hydrogen-bond acceptors (Lipinski definition) is 4. The Hall–Kier alpha value is -2.95. The third kappa shape index (κ3) is 2.48. The number of benzene rings is 2. The molecule has 0 spiro atoms. The van der Waals surface area contributed by atoms with Crippen molar-refractivity contribution in [1.82, 2.24) is 9.66 Å². The normalized spacial score (nSPS) is 11.4. The molecule has 3 rings (SSSR count). The van der Waals surface area contributed by atoms with Crippen molar-refractivity contribution >= 4 is 17.1 Å². The van der Waals surface area contributed by atoms with Gasteiger partial charge in [0, 0.05) is 5.56 Å². The van der Waals surface area contributed by atoms with Crippen molar-refractivity contribution < 1.29 is 5.11 Å². The van der Waals surface area contributed by atoms with Crippen LogP contribution in [0.1, 0.15) is 17.0 Å². The van der Waals surface area contributed by atoms with Crippen LogP contribution in [-0.2, 0) is 0 Å². The lowest BCUT2D eigenvalue weighted by molar-refractivity contribution is 0.474. The van der Waals surface area contributed by atoms with Gasteiger partial charge in [-0.15, -0.1) is 0 Å². The van der Waals surface area contributed by atoms with Crippen LogP contribution in [0, 0.1) is 13.8 Å². The van der Waals surface area contributed by atoms with Crippen LogP contribution in [0.2, 0.25) is 0 Å². The van der Waals surface area contributed by atoms with Gasteiger partial charge in [-0.05, 0) is 43.7 Å². The van der Waals surface area contributed by atoms with Crippen LogP contribution in [0.5, 0.6) is 5.75 Å². The van der Waals surface area contributed by atoms with Crippen LogP contribution in [0.4, 0.5) is 0 Å². The van der Waals surface area contributed by atoms with Gasteiger partial charge in [-0.25, -0.2) is 4.98 Å². The number of rotatable bonds is 2. The zero-order valence-corrected chi connectivity index (χ0v) is 12.3. The van der Waals surface area contributed by atoms with E-state index in [0.29, 0.717) is 22.3 Å². The molecule has 2 aromatic carbocycles. The number of fused-ring (bicyclic) bond motifs is 1. The summed E-state index contributed by atoms with van der Waals surface area (Å²) in [7, 11) is 0. The van der Waals surface area contributed by atoms with E-state index in [1.165, 1.54) is 10.9 Å². The Balaban J connectivity index is 2.11. The number of para-hydroxylation sites is 1. The van der Waals surface area contributed by atoms with Crippen LogP contribution in [-0.4, -0.2) is 21.0 Å².